The van der Waals surface area contributed by atoms with Gasteiger partial charge in [-0.1, -0.05) is 18.2 Å². The minimum Gasteiger partial charge on any atom is -0.492 e. The van der Waals surface area contributed by atoms with E-state index in [4.69, 9.17) is 9.47 Å². The maximum Gasteiger partial charge on any atom is 0.124 e. The molecule has 5 nitrogen and oxygen atoms in total. The number of aromatic nitrogens is 1. The second-order valence-electron chi connectivity index (χ2n) is 5.66. The monoisotopic (exact) mass is 391 g/mol. The van der Waals surface area contributed by atoms with Crippen molar-refractivity contribution in [2.75, 3.05) is 44.8 Å². The fourth-order valence-electron chi connectivity index (χ4n) is 2.61. The van der Waals surface area contributed by atoms with Gasteiger partial charge in [0.2, 0.25) is 0 Å². The highest BCUT2D eigenvalue weighted by atomic mass is 79.9. The summed E-state index contributed by atoms with van der Waals surface area (Å²) in [5.41, 5.74) is 2.12. The molecule has 1 aliphatic rings. The Kier molecular flexibility index (Phi) is 6.46. The summed E-state index contributed by atoms with van der Waals surface area (Å²) in [5.74, 6) is 0.932. The smallest absolute Gasteiger partial charge is 0.124 e. The van der Waals surface area contributed by atoms with Crippen molar-refractivity contribution in [1.82, 2.24) is 9.88 Å². The quantitative estimate of drug-likeness (QED) is 0.785. The van der Waals surface area contributed by atoms with Crippen molar-refractivity contribution in [3.05, 3.63) is 52.8 Å². The molecule has 0 amide bonds. The summed E-state index contributed by atoms with van der Waals surface area (Å²) in [6, 6.07) is 10.2. The van der Waals surface area contributed by atoms with Gasteiger partial charge >= 0.3 is 0 Å². The SMILES string of the molecule is Brc1cncc(NCc2ccccc2OCCN2CCOCC2)c1. The van der Waals surface area contributed by atoms with Gasteiger partial charge in [0.1, 0.15) is 12.4 Å². The van der Waals surface area contributed by atoms with E-state index < -0.39 is 0 Å². The lowest BCUT2D eigenvalue weighted by Gasteiger charge is -2.26. The van der Waals surface area contributed by atoms with E-state index in [1.165, 1.54) is 0 Å². The Morgan fingerprint density at radius 3 is 2.88 bits per heavy atom. The first-order chi connectivity index (χ1) is 11.8. The first-order valence-corrected chi connectivity index (χ1v) is 8.96. The van der Waals surface area contributed by atoms with Crippen LogP contribution < -0.4 is 10.1 Å². The van der Waals surface area contributed by atoms with E-state index in [1.807, 2.05) is 30.5 Å². The van der Waals surface area contributed by atoms with Gasteiger partial charge in [-0.3, -0.25) is 9.88 Å². The number of morpholine rings is 1. The van der Waals surface area contributed by atoms with Crippen molar-refractivity contribution >= 4 is 21.6 Å². The highest BCUT2D eigenvalue weighted by Gasteiger charge is 2.10. The van der Waals surface area contributed by atoms with Gasteiger partial charge in [-0.25, -0.2) is 0 Å². The van der Waals surface area contributed by atoms with Gasteiger partial charge < -0.3 is 14.8 Å². The van der Waals surface area contributed by atoms with Gasteiger partial charge in [0, 0.05) is 42.4 Å². The molecule has 1 aromatic carbocycles. The van der Waals surface area contributed by atoms with Crippen LogP contribution in [0.5, 0.6) is 5.75 Å². The fourth-order valence-corrected chi connectivity index (χ4v) is 2.97. The van der Waals surface area contributed by atoms with Crippen LogP contribution >= 0.6 is 15.9 Å². The average molecular weight is 392 g/mol. The van der Waals surface area contributed by atoms with Crippen molar-refractivity contribution < 1.29 is 9.47 Å². The Labute approximate surface area is 151 Å². The van der Waals surface area contributed by atoms with Crippen LogP contribution in [0.15, 0.2) is 47.2 Å². The number of nitrogens with one attached hydrogen (secondary N) is 1. The van der Waals surface area contributed by atoms with E-state index in [2.05, 4.69) is 37.2 Å². The van der Waals surface area contributed by atoms with Crippen LogP contribution in [0, 0.1) is 0 Å². The van der Waals surface area contributed by atoms with Gasteiger partial charge in [-0.15, -0.1) is 0 Å². The van der Waals surface area contributed by atoms with Crippen LogP contribution in [-0.4, -0.2) is 49.3 Å². The molecule has 0 atom stereocenters. The molecule has 0 saturated carbocycles. The largest absolute Gasteiger partial charge is 0.492 e. The summed E-state index contributed by atoms with van der Waals surface area (Å²) in [6.45, 7) is 5.94. The average Bonchev–Trinajstić information content (AvgIpc) is 2.62. The first-order valence-electron chi connectivity index (χ1n) is 8.16. The number of halogens is 1. The first kappa shape index (κ1) is 17.2. The molecule has 2 aromatic rings. The zero-order valence-corrected chi connectivity index (χ0v) is 15.2. The Balaban J connectivity index is 1.52. The zero-order valence-electron chi connectivity index (χ0n) is 13.6. The fraction of sp³-hybridized carbons (Fsp3) is 0.389. The molecule has 0 unspecified atom stereocenters. The van der Waals surface area contributed by atoms with Gasteiger partial charge in [0.25, 0.3) is 0 Å². The maximum absolute atomic E-state index is 6.00. The summed E-state index contributed by atoms with van der Waals surface area (Å²) in [5, 5.41) is 3.38. The third-order valence-corrected chi connectivity index (χ3v) is 4.36. The van der Waals surface area contributed by atoms with Gasteiger partial charge in [-0.05, 0) is 28.1 Å². The number of anilines is 1. The van der Waals surface area contributed by atoms with Crippen molar-refractivity contribution in [2.45, 2.75) is 6.54 Å². The van der Waals surface area contributed by atoms with Crippen molar-refractivity contribution in [2.24, 2.45) is 0 Å². The Morgan fingerprint density at radius 2 is 2.04 bits per heavy atom. The Bertz CT molecular complexity index is 648. The summed E-state index contributed by atoms with van der Waals surface area (Å²) in [6.07, 6.45) is 3.58. The Hall–Kier alpha value is -1.63. The lowest BCUT2D eigenvalue weighted by Crippen LogP contribution is -2.38. The zero-order chi connectivity index (χ0) is 16.6. The highest BCUT2D eigenvalue weighted by molar-refractivity contribution is 9.10. The molecule has 1 aliphatic heterocycles. The molecule has 0 spiro atoms. The molecule has 3 rings (SSSR count). The van der Waals surface area contributed by atoms with Crippen molar-refractivity contribution in [3.8, 4) is 5.75 Å². The summed E-state index contributed by atoms with van der Waals surface area (Å²) < 4.78 is 12.3. The topological polar surface area (TPSA) is 46.6 Å². The molecule has 6 heteroatoms. The van der Waals surface area contributed by atoms with Gasteiger partial charge in [0.15, 0.2) is 0 Å². The number of pyridine rings is 1. The molecular formula is C18H22BrN3O2. The third-order valence-electron chi connectivity index (χ3n) is 3.93. The van der Waals surface area contributed by atoms with E-state index in [9.17, 15) is 0 Å². The second-order valence-corrected chi connectivity index (χ2v) is 6.57. The number of nitrogens with zero attached hydrogens (tertiary/aromatic N) is 2. The highest BCUT2D eigenvalue weighted by Crippen LogP contribution is 2.20. The predicted octanol–water partition coefficient (Wildman–Crippen LogP) is 3.17. The molecule has 128 valence electrons. The van der Waals surface area contributed by atoms with Gasteiger partial charge in [0.05, 0.1) is 25.1 Å². The minimum absolute atomic E-state index is 0.690. The van der Waals surface area contributed by atoms with E-state index in [0.717, 1.165) is 54.3 Å². The number of para-hydroxylation sites is 1. The van der Waals surface area contributed by atoms with E-state index >= 15 is 0 Å². The number of ether oxygens (including phenoxy) is 2. The molecule has 0 radical (unpaired) electrons. The molecule has 1 N–H and O–H groups in total. The molecule has 1 saturated heterocycles. The molecule has 2 heterocycles. The van der Waals surface area contributed by atoms with Crippen LogP contribution in [-0.2, 0) is 11.3 Å². The van der Waals surface area contributed by atoms with Crippen LogP contribution in [0.25, 0.3) is 0 Å². The van der Waals surface area contributed by atoms with E-state index in [-0.39, 0.29) is 0 Å². The summed E-state index contributed by atoms with van der Waals surface area (Å²) in [7, 11) is 0. The predicted molar refractivity (Wildman–Crippen MR) is 98.5 cm³/mol. The normalized spacial score (nSPS) is 15.2. The van der Waals surface area contributed by atoms with Crippen molar-refractivity contribution in [1.29, 1.82) is 0 Å². The molecule has 1 fully saturated rings. The lowest BCUT2D eigenvalue weighted by atomic mass is 10.2. The second kappa shape index (κ2) is 9.01. The van der Waals surface area contributed by atoms with E-state index in [1.54, 1.807) is 6.20 Å². The van der Waals surface area contributed by atoms with Crippen LogP contribution in [0.4, 0.5) is 5.69 Å². The number of rotatable bonds is 7. The standard InChI is InChI=1S/C18H22BrN3O2/c19-16-11-17(14-20-13-16)21-12-15-3-1-2-4-18(15)24-10-7-22-5-8-23-9-6-22/h1-4,11,13-14,21H,5-10,12H2. The number of benzene rings is 1. The maximum atomic E-state index is 6.00. The molecule has 24 heavy (non-hydrogen) atoms. The molecular weight excluding hydrogens is 370 g/mol. The molecule has 0 aliphatic carbocycles. The summed E-state index contributed by atoms with van der Waals surface area (Å²) in [4.78, 5) is 6.54. The Morgan fingerprint density at radius 1 is 1.21 bits per heavy atom. The summed E-state index contributed by atoms with van der Waals surface area (Å²) >= 11 is 3.43. The lowest BCUT2D eigenvalue weighted by molar-refractivity contribution is 0.0322. The minimum atomic E-state index is 0.690. The van der Waals surface area contributed by atoms with Crippen LogP contribution in [0.2, 0.25) is 0 Å². The van der Waals surface area contributed by atoms with Crippen LogP contribution in [0.3, 0.4) is 0 Å². The number of hydrogen-bond acceptors (Lipinski definition) is 5. The van der Waals surface area contributed by atoms with E-state index in [0.29, 0.717) is 13.2 Å². The third kappa shape index (κ3) is 5.19. The molecule has 0 bridgehead atoms. The molecule has 1 aromatic heterocycles. The number of hydrogen-bond donors (Lipinski definition) is 1. The van der Waals surface area contributed by atoms with Crippen LogP contribution in [0.1, 0.15) is 5.56 Å². The van der Waals surface area contributed by atoms with Gasteiger partial charge in [-0.2, -0.15) is 0 Å². The van der Waals surface area contributed by atoms with Crippen molar-refractivity contribution in [3.63, 3.8) is 0 Å².